The van der Waals surface area contributed by atoms with Crippen molar-refractivity contribution in [3.63, 3.8) is 0 Å². The molecule has 0 heterocycles. The van der Waals surface area contributed by atoms with Gasteiger partial charge in [0.1, 0.15) is 0 Å². The molecular formula is C26H22O3. The first kappa shape index (κ1) is 19.1. The summed E-state index contributed by atoms with van der Waals surface area (Å²) in [4.78, 5) is 5.33. The second-order valence-corrected chi connectivity index (χ2v) is 6.95. The third-order valence-electron chi connectivity index (χ3n) is 5.39. The van der Waals surface area contributed by atoms with E-state index >= 15 is 0 Å². The maximum Gasteiger partial charge on any atom is 0.190 e. The molecular weight excluding hydrogens is 360 g/mol. The van der Waals surface area contributed by atoms with Gasteiger partial charge in [-0.15, -0.1) is 0 Å². The standard InChI is InChI=1S/C26H22O3/c27-25(21-13-5-1-6-14-21,22-15-7-2-8-16-22)26(29-28,23-17-9-3-10-18-23)24-19-11-4-12-20-24/h1-20,27-28H. The molecule has 0 amide bonds. The highest BCUT2D eigenvalue weighted by atomic mass is 17.1. The van der Waals surface area contributed by atoms with Crippen LogP contribution < -0.4 is 0 Å². The van der Waals surface area contributed by atoms with Crippen LogP contribution >= 0.6 is 0 Å². The summed E-state index contributed by atoms with van der Waals surface area (Å²) in [7, 11) is 0. The molecule has 3 heteroatoms. The summed E-state index contributed by atoms with van der Waals surface area (Å²) in [6.45, 7) is 0. The Morgan fingerprint density at radius 2 is 0.724 bits per heavy atom. The van der Waals surface area contributed by atoms with Crippen molar-refractivity contribution < 1.29 is 15.3 Å². The Kier molecular flexibility index (Phi) is 5.28. The molecule has 0 fully saturated rings. The Morgan fingerprint density at radius 3 is 1.00 bits per heavy atom. The van der Waals surface area contributed by atoms with Gasteiger partial charge in [-0.1, -0.05) is 121 Å². The van der Waals surface area contributed by atoms with Gasteiger partial charge < -0.3 is 5.11 Å². The molecule has 0 aliphatic carbocycles. The predicted molar refractivity (Wildman–Crippen MR) is 113 cm³/mol. The molecule has 0 aromatic heterocycles. The van der Waals surface area contributed by atoms with E-state index in [2.05, 4.69) is 0 Å². The Balaban J connectivity index is 2.13. The molecule has 0 atom stereocenters. The van der Waals surface area contributed by atoms with Crippen molar-refractivity contribution in [1.82, 2.24) is 0 Å². The lowest BCUT2D eigenvalue weighted by molar-refractivity contribution is -0.354. The minimum absolute atomic E-state index is 0.605. The largest absolute Gasteiger partial charge is 0.376 e. The van der Waals surface area contributed by atoms with Crippen molar-refractivity contribution in [1.29, 1.82) is 0 Å². The number of hydrogen-bond donors (Lipinski definition) is 2. The van der Waals surface area contributed by atoms with Crippen molar-refractivity contribution in [2.75, 3.05) is 0 Å². The lowest BCUT2D eigenvalue weighted by atomic mass is 9.66. The molecule has 144 valence electrons. The lowest BCUT2D eigenvalue weighted by Gasteiger charge is -2.46. The predicted octanol–water partition coefficient (Wildman–Crippen LogP) is 5.36. The van der Waals surface area contributed by atoms with E-state index in [1.54, 1.807) is 0 Å². The van der Waals surface area contributed by atoms with Crippen LogP contribution in [0.2, 0.25) is 0 Å². The zero-order valence-corrected chi connectivity index (χ0v) is 15.8. The molecule has 0 aliphatic rings. The van der Waals surface area contributed by atoms with Crippen LogP contribution in [0.3, 0.4) is 0 Å². The van der Waals surface area contributed by atoms with E-state index in [9.17, 15) is 10.4 Å². The second-order valence-electron chi connectivity index (χ2n) is 6.95. The molecule has 4 rings (SSSR count). The van der Waals surface area contributed by atoms with Crippen LogP contribution in [0.25, 0.3) is 0 Å². The van der Waals surface area contributed by atoms with Crippen LogP contribution in [-0.2, 0) is 16.1 Å². The van der Waals surface area contributed by atoms with Crippen LogP contribution in [0.4, 0.5) is 0 Å². The van der Waals surface area contributed by atoms with Gasteiger partial charge in [-0.05, 0) is 22.3 Å². The summed E-state index contributed by atoms with van der Waals surface area (Å²) in [5, 5.41) is 23.0. The van der Waals surface area contributed by atoms with E-state index < -0.39 is 11.2 Å². The Bertz CT molecular complexity index is 953. The van der Waals surface area contributed by atoms with E-state index in [-0.39, 0.29) is 0 Å². The highest BCUT2D eigenvalue weighted by Gasteiger charge is 2.57. The SMILES string of the molecule is OOC(c1ccccc1)(c1ccccc1)C(O)(c1ccccc1)c1ccccc1. The molecule has 0 bridgehead atoms. The van der Waals surface area contributed by atoms with E-state index in [0.29, 0.717) is 22.3 Å². The number of aliphatic hydroxyl groups is 1. The average molecular weight is 382 g/mol. The smallest absolute Gasteiger partial charge is 0.190 e. The summed E-state index contributed by atoms with van der Waals surface area (Å²) in [5.41, 5.74) is -0.848. The molecule has 3 nitrogen and oxygen atoms in total. The summed E-state index contributed by atoms with van der Waals surface area (Å²) in [5.74, 6) is 0. The molecule has 0 spiro atoms. The van der Waals surface area contributed by atoms with Crippen molar-refractivity contribution in [3.05, 3.63) is 144 Å². The highest BCUT2D eigenvalue weighted by Crippen LogP contribution is 2.51. The van der Waals surface area contributed by atoms with Gasteiger partial charge >= 0.3 is 0 Å². The van der Waals surface area contributed by atoms with E-state index in [0.717, 1.165) is 0 Å². The normalized spacial score (nSPS) is 11.9. The molecule has 4 aromatic carbocycles. The van der Waals surface area contributed by atoms with Gasteiger partial charge in [-0.3, -0.25) is 5.26 Å². The van der Waals surface area contributed by atoms with Gasteiger partial charge in [-0.2, -0.15) is 0 Å². The first-order chi connectivity index (χ1) is 14.2. The monoisotopic (exact) mass is 382 g/mol. The summed E-state index contributed by atoms with van der Waals surface area (Å²) >= 11 is 0. The van der Waals surface area contributed by atoms with Crippen LogP contribution in [0.15, 0.2) is 121 Å². The van der Waals surface area contributed by atoms with Gasteiger partial charge in [0.15, 0.2) is 11.2 Å². The summed E-state index contributed by atoms with van der Waals surface area (Å²) in [6, 6.07) is 37.2. The zero-order valence-electron chi connectivity index (χ0n) is 15.8. The minimum atomic E-state index is -1.72. The Hall–Kier alpha value is -3.24. The quantitative estimate of drug-likeness (QED) is 0.349. The molecule has 0 unspecified atom stereocenters. The summed E-state index contributed by atoms with van der Waals surface area (Å²) < 4.78 is 0. The molecule has 0 radical (unpaired) electrons. The van der Waals surface area contributed by atoms with E-state index in [1.165, 1.54) is 0 Å². The van der Waals surface area contributed by atoms with Crippen molar-refractivity contribution in [3.8, 4) is 0 Å². The Labute approximate surface area is 170 Å². The van der Waals surface area contributed by atoms with Gasteiger partial charge in [0.2, 0.25) is 0 Å². The van der Waals surface area contributed by atoms with Crippen LogP contribution in [0.1, 0.15) is 22.3 Å². The van der Waals surface area contributed by atoms with Crippen LogP contribution in [0, 0.1) is 0 Å². The third kappa shape index (κ3) is 3.06. The van der Waals surface area contributed by atoms with Crippen LogP contribution in [-0.4, -0.2) is 10.4 Å². The second kappa shape index (κ2) is 8.02. The third-order valence-corrected chi connectivity index (χ3v) is 5.39. The summed E-state index contributed by atoms with van der Waals surface area (Å²) in [6.07, 6.45) is 0. The molecule has 4 aromatic rings. The Morgan fingerprint density at radius 1 is 0.448 bits per heavy atom. The first-order valence-corrected chi connectivity index (χ1v) is 9.50. The highest BCUT2D eigenvalue weighted by molar-refractivity contribution is 5.50. The van der Waals surface area contributed by atoms with Gasteiger partial charge in [0.05, 0.1) is 0 Å². The lowest BCUT2D eigenvalue weighted by Crippen LogP contribution is -2.52. The van der Waals surface area contributed by atoms with Gasteiger partial charge in [-0.25, -0.2) is 4.89 Å². The van der Waals surface area contributed by atoms with Crippen LogP contribution in [0.5, 0.6) is 0 Å². The molecule has 0 saturated heterocycles. The maximum absolute atomic E-state index is 12.5. The fraction of sp³-hybridized carbons (Fsp3) is 0.0769. The molecule has 0 aliphatic heterocycles. The van der Waals surface area contributed by atoms with Crippen molar-refractivity contribution >= 4 is 0 Å². The number of benzene rings is 4. The van der Waals surface area contributed by atoms with E-state index in [1.807, 2.05) is 121 Å². The molecule has 29 heavy (non-hydrogen) atoms. The fourth-order valence-electron chi connectivity index (χ4n) is 4.03. The zero-order chi connectivity index (χ0) is 20.2. The first-order valence-electron chi connectivity index (χ1n) is 9.50. The maximum atomic E-state index is 12.5. The minimum Gasteiger partial charge on any atom is -0.376 e. The topological polar surface area (TPSA) is 49.7 Å². The molecule has 0 saturated carbocycles. The fourth-order valence-corrected chi connectivity index (χ4v) is 4.03. The number of hydrogen-bond acceptors (Lipinski definition) is 3. The van der Waals surface area contributed by atoms with E-state index in [4.69, 9.17) is 4.89 Å². The van der Waals surface area contributed by atoms with Crippen molar-refractivity contribution in [2.45, 2.75) is 11.2 Å². The average Bonchev–Trinajstić information content (AvgIpc) is 2.82. The van der Waals surface area contributed by atoms with Crippen molar-refractivity contribution in [2.24, 2.45) is 0 Å². The number of rotatable bonds is 6. The molecule has 2 N–H and O–H groups in total. The van der Waals surface area contributed by atoms with Gasteiger partial charge in [0, 0.05) is 0 Å². The van der Waals surface area contributed by atoms with Gasteiger partial charge in [0.25, 0.3) is 0 Å².